The second kappa shape index (κ2) is 6.72. The minimum atomic E-state index is -0.843. The van der Waals surface area contributed by atoms with Crippen LogP contribution < -0.4 is 5.32 Å². The summed E-state index contributed by atoms with van der Waals surface area (Å²) >= 11 is 0. The molecule has 2 atom stereocenters. The maximum Gasteiger partial charge on any atom is 0.320 e. The Kier molecular flexibility index (Phi) is 4.96. The average molecular weight is 290 g/mol. The summed E-state index contributed by atoms with van der Waals surface area (Å²) in [7, 11) is 0. The smallest absolute Gasteiger partial charge is 0.320 e. The van der Waals surface area contributed by atoms with Crippen molar-refractivity contribution in [3.05, 3.63) is 29.8 Å². The number of likely N-dealkylation sites (tertiary alicyclic amines) is 1. The highest BCUT2D eigenvalue weighted by atomic mass is 16.4. The van der Waals surface area contributed by atoms with E-state index in [1.807, 2.05) is 31.2 Å². The Balaban J connectivity index is 1.94. The molecular formula is C16H22N2O3. The number of anilines is 1. The number of piperidine rings is 1. The third kappa shape index (κ3) is 4.29. The van der Waals surface area contributed by atoms with Crippen LogP contribution in [-0.2, 0) is 9.59 Å². The fourth-order valence-electron chi connectivity index (χ4n) is 2.66. The largest absolute Gasteiger partial charge is 0.480 e. The molecule has 21 heavy (non-hydrogen) atoms. The van der Waals surface area contributed by atoms with E-state index in [0.29, 0.717) is 18.9 Å². The van der Waals surface area contributed by atoms with Crippen molar-refractivity contribution < 1.29 is 14.7 Å². The Morgan fingerprint density at radius 2 is 2.00 bits per heavy atom. The van der Waals surface area contributed by atoms with Gasteiger partial charge in [0.05, 0.1) is 6.54 Å². The van der Waals surface area contributed by atoms with E-state index in [1.54, 1.807) is 4.90 Å². The van der Waals surface area contributed by atoms with Gasteiger partial charge in [0.15, 0.2) is 0 Å². The van der Waals surface area contributed by atoms with Gasteiger partial charge < -0.3 is 10.4 Å². The third-order valence-corrected chi connectivity index (χ3v) is 3.94. The minimum absolute atomic E-state index is 0.123. The maximum absolute atomic E-state index is 12.1. The summed E-state index contributed by atoms with van der Waals surface area (Å²) in [5.41, 5.74) is 1.87. The van der Waals surface area contributed by atoms with E-state index in [-0.39, 0.29) is 12.5 Å². The number of amides is 1. The zero-order valence-corrected chi connectivity index (χ0v) is 12.5. The Hall–Kier alpha value is -1.88. The van der Waals surface area contributed by atoms with E-state index in [2.05, 4.69) is 12.2 Å². The van der Waals surface area contributed by atoms with Gasteiger partial charge in [0, 0.05) is 5.69 Å². The van der Waals surface area contributed by atoms with Crippen molar-refractivity contribution in [1.29, 1.82) is 0 Å². The molecular weight excluding hydrogens is 268 g/mol. The highest BCUT2D eigenvalue weighted by Gasteiger charge is 2.32. The summed E-state index contributed by atoms with van der Waals surface area (Å²) in [6.45, 7) is 4.81. The summed E-state index contributed by atoms with van der Waals surface area (Å²) in [4.78, 5) is 25.1. The molecule has 0 saturated carbocycles. The van der Waals surface area contributed by atoms with Crippen LogP contribution >= 0.6 is 0 Å². The van der Waals surface area contributed by atoms with Crippen LogP contribution in [0.15, 0.2) is 24.3 Å². The van der Waals surface area contributed by atoms with E-state index < -0.39 is 12.0 Å². The summed E-state index contributed by atoms with van der Waals surface area (Å²) in [6, 6.07) is 6.99. The Bertz CT molecular complexity index is 513. The molecule has 1 aromatic rings. The van der Waals surface area contributed by atoms with E-state index in [9.17, 15) is 14.7 Å². The van der Waals surface area contributed by atoms with Crippen LogP contribution in [0.1, 0.15) is 25.3 Å². The predicted molar refractivity (Wildman–Crippen MR) is 81.2 cm³/mol. The molecule has 1 aliphatic heterocycles. The van der Waals surface area contributed by atoms with Gasteiger partial charge in [-0.3, -0.25) is 14.5 Å². The molecule has 1 heterocycles. The number of hydrogen-bond donors (Lipinski definition) is 2. The van der Waals surface area contributed by atoms with Crippen molar-refractivity contribution >= 4 is 17.6 Å². The number of nitrogens with zero attached hydrogens (tertiary/aromatic N) is 1. The van der Waals surface area contributed by atoms with Crippen molar-refractivity contribution in [2.75, 3.05) is 18.4 Å². The fraction of sp³-hybridized carbons (Fsp3) is 0.500. The molecule has 2 unspecified atom stereocenters. The number of aliphatic carboxylic acids is 1. The van der Waals surface area contributed by atoms with E-state index in [1.165, 1.54) is 0 Å². The van der Waals surface area contributed by atoms with Gasteiger partial charge in [-0.1, -0.05) is 24.6 Å². The number of nitrogens with one attached hydrogen (secondary N) is 1. The fourth-order valence-corrected chi connectivity index (χ4v) is 2.66. The number of carboxylic acid groups (broad SMARTS) is 1. The molecule has 0 radical (unpaired) electrons. The van der Waals surface area contributed by atoms with Crippen molar-refractivity contribution in [1.82, 2.24) is 4.90 Å². The highest BCUT2D eigenvalue weighted by Crippen LogP contribution is 2.22. The number of aryl methyl sites for hydroxylation is 1. The third-order valence-electron chi connectivity index (χ3n) is 3.94. The molecule has 5 heteroatoms. The van der Waals surface area contributed by atoms with Gasteiger partial charge in [-0.05, 0) is 44.4 Å². The zero-order valence-electron chi connectivity index (χ0n) is 12.5. The molecule has 1 aliphatic rings. The van der Waals surface area contributed by atoms with Gasteiger partial charge in [0.1, 0.15) is 6.04 Å². The molecule has 1 aromatic carbocycles. The first kappa shape index (κ1) is 15.5. The SMILES string of the molecule is Cc1ccc(NC(=O)CN2CCC(C)CC2C(=O)O)cc1. The zero-order chi connectivity index (χ0) is 15.4. The summed E-state index contributed by atoms with van der Waals surface area (Å²) in [5, 5.41) is 12.1. The van der Waals surface area contributed by atoms with Gasteiger partial charge in [-0.15, -0.1) is 0 Å². The number of benzene rings is 1. The second-order valence-corrected chi connectivity index (χ2v) is 5.87. The molecule has 1 fully saturated rings. The van der Waals surface area contributed by atoms with Gasteiger partial charge in [-0.2, -0.15) is 0 Å². The number of carbonyl (C=O) groups excluding carboxylic acids is 1. The molecule has 1 saturated heterocycles. The molecule has 0 aliphatic carbocycles. The summed E-state index contributed by atoms with van der Waals surface area (Å²) < 4.78 is 0. The van der Waals surface area contributed by atoms with Crippen molar-refractivity contribution in [3.8, 4) is 0 Å². The van der Waals surface area contributed by atoms with Gasteiger partial charge in [-0.25, -0.2) is 0 Å². The highest BCUT2D eigenvalue weighted by molar-refractivity contribution is 5.92. The lowest BCUT2D eigenvalue weighted by molar-refractivity contribution is -0.145. The first-order chi connectivity index (χ1) is 9.95. The van der Waals surface area contributed by atoms with Gasteiger partial charge >= 0.3 is 5.97 Å². The lowest BCUT2D eigenvalue weighted by Gasteiger charge is -2.35. The normalized spacial score (nSPS) is 22.8. The Labute approximate surface area is 125 Å². The predicted octanol–water partition coefficient (Wildman–Crippen LogP) is 2.12. The maximum atomic E-state index is 12.1. The molecule has 2 rings (SSSR count). The van der Waals surface area contributed by atoms with Gasteiger partial charge in [0.2, 0.25) is 5.91 Å². The van der Waals surface area contributed by atoms with Crippen LogP contribution in [0.5, 0.6) is 0 Å². The van der Waals surface area contributed by atoms with Crippen LogP contribution in [0.4, 0.5) is 5.69 Å². The molecule has 1 amide bonds. The second-order valence-electron chi connectivity index (χ2n) is 5.87. The summed E-state index contributed by atoms with van der Waals surface area (Å²) in [5.74, 6) is -0.619. The Morgan fingerprint density at radius 3 is 2.62 bits per heavy atom. The standard InChI is InChI=1S/C16H22N2O3/c1-11-3-5-13(6-4-11)17-15(19)10-18-8-7-12(2)9-14(18)16(20)21/h3-6,12,14H,7-10H2,1-2H3,(H,17,19)(H,20,21). The lowest BCUT2D eigenvalue weighted by Crippen LogP contribution is -2.49. The Morgan fingerprint density at radius 1 is 1.33 bits per heavy atom. The number of carboxylic acids is 1. The summed E-state index contributed by atoms with van der Waals surface area (Å²) in [6.07, 6.45) is 1.54. The number of carbonyl (C=O) groups is 2. The molecule has 114 valence electrons. The van der Waals surface area contributed by atoms with Crippen LogP contribution in [0.2, 0.25) is 0 Å². The minimum Gasteiger partial charge on any atom is -0.480 e. The topological polar surface area (TPSA) is 69.6 Å². The molecule has 0 spiro atoms. The van der Waals surface area contributed by atoms with Crippen molar-refractivity contribution in [3.63, 3.8) is 0 Å². The van der Waals surface area contributed by atoms with E-state index in [4.69, 9.17) is 0 Å². The molecule has 5 nitrogen and oxygen atoms in total. The van der Waals surface area contributed by atoms with Crippen LogP contribution in [0, 0.1) is 12.8 Å². The van der Waals surface area contributed by atoms with Crippen molar-refractivity contribution in [2.24, 2.45) is 5.92 Å². The lowest BCUT2D eigenvalue weighted by atomic mass is 9.92. The van der Waals surface area contributed by atoms with Crippen LogP contribution in [0.3, 0.4) is 0 Å². The molecule has 0 aromatic heterocycles. The van der Waals surface area contributed by atoms with Crippen LogP contribution in [0.25, 0.3) is 0 Å². The van der Waals surface area contributed by atoms with E-state index in [0.717, 1.165) is 17.7 Å². The first-order valence-corrected chi connectivity index (χ1v) is 7.29. The number of hydrogen-bond acceptors (Lipinski definition) is 3. The molecule has 2 N–H and O–H groups in total. The monoisotopic (exact) mass is 290 g/mol. The quantitative estimate of drug-likeness (QED) is 0.891. The molecule has 0 bridgehead atoms. The average Bonchev–Trinajstić information content (AvgIpc) is 2.43. The number of rotatable bonds is 4. The van der Waals surface area contributed by atoms with Crippen molar-refractivity contribution in [2.45, 2.75) is 32.7 Å². The van der Waals surface area contributed by atoms with Gasteiger partial charge in [0.25, 0.3) is 0 Å². The van der Waals surface area contributed by atoms with Crippen LogP contribution in [-0.4, -0.2) is 41.0 Å². The first-order valence-electron chi connectivity index (χ1n) is 7.29. The van der Waals surface area contributed by atoms with E-state index >= 15 is 0 Å².